The van der Waals surface area contributed by atoms with Crippen LogP contribution in [0.15, 0.2) is 22.8 Å². The van der Waals surface area contributed by atoms with Crippen molar-refractivity contribution < 1.29 is 4.79 Å². The van der Waals surface area contributed by atoms with E-state index in [9.17, 15) is 4.79 Å². The van der Waals surface area contributed by atoms with Gasteiger partial charge in [-0.2, -0.15) is 0 Å². The highest BCUT2D eigenvalue weighted by Gasteiger charge is 2.16. The van der Waals surface area contributed by atoms with E-state index in [-0.39, 0.29) is 5.91 Å². The third-order valence-electron chi connectivity index (χ3n) is 2.07. The maximum atomic E-state index is 11.1. The lowest BCUT2D eigenvalue weighted by Crippen LogP contribution is -2.47. The van der Waals surface area contributed by atoms with Gasteiger partial charge in [0.1, 0.15) is 5.82 Å². The summed E-state index contributed by atoms with van der Waals surface area (Å²) in [5.74, 6) is 0.906. The Morgan fingerprint density at radius 2 is 2.36 bits per heavy atom. The molecule has 4 nitrogen and oxygen atoms in total. The van der Waals surface area contributed by atoms with Crippen LogP contribution in [0.4, 0.5) is 5.82 Å². The van der Waals surface area contributed by atoms with Crippen molar-refractivity contribution in [2.75, 3.05) is 24.5 Å². The number of nitrogens with one attached hydrogen (secondary N) is 1. The molecule has 14 heavy (non-hydrogen) atoms. The minimum Gasteiger partial charge on any atom is -0.353 e. The summed E-state index contributed by atoms with van der Waals surface area (Å²) in [5.41, 5.74) is 0. The zero-order valence-corrected chi connectivity index (χ0v) is 9.12. The maximum absolute atomic E-state index is 11.1. The molecule has 1 fully saturated rings. The van der Waals surface area contributed by atoms with Gasteiger partial charge in [-0.25, -0.2) is 4.98 Å². The third-order valence-corrected chi connectivity index (χ3v) is 2.54. The maximum Gasteiger partial charge on any atom is 0.239 e. The summed E-state index contributed by atoms with van der Waals surface area (Å²) in [6.45, 7) is 1.91. The molecule has 2 heterocycles. The molecule has 1 N–H and O–H groups in total. The lowest BCUT2D eigenvalue weighted by Gasteiger charge is -2.27. The number of carbonyl (C=O) groups excluding carboxylic acids is 1. The van der Waals surface area contributed by atoms with Gasteiger partial charge in [-0.3, -0.25) is 4.79 Å². The van der Waals surface area contributed by atoms with Crippen LogP contribution in [-0.4, -0.2) is 30.5 Å². The first-order valence-corrected chi connectivity index (χ1v) is 5.18. The average molecular weight is 256 g/mol. The smallest absolute Gasteiger partial charge is 0.239 e. The summed E-state index contributed by atoms with van der Waals surface area (Å²) in [6.07, 6.45) is 1.74. The third kappa shape index (κ3) is 2.04. The minimum atomic E-state index is 0.0565. The molecule has 0 unspecified atom stereocenters. The summed E-state index contributed by atoms with van der Waals surface area (Å²) in [4.78, 5) is 17.3. The van der Waals surface area contributed by atoms with Crippen molar-refractivity contribution in [1.29, 1.82) is 0 Å². The molecule has 0 atom stereocenters. The predicted octanol–water partition coefficient (Wildman–Crippen LogP) is 0.780. The Morgan fingerprint density at radius 1 is 1.50 bits per heavy atom. The van der Waals surface area contributed by atoms with E-state index in [2.05, 4.69) is 26.2 Å². The molecule has 0 radical (unpaired) electrons. The molecule has 1 aromatic rings. The number of amides is 1. The number of anilines is 1. The van der Waals surface area contributed by atoms with Crippen molar-refractivity contribution in [2.45, 2.75) is 0 Å². The fourth-order valence-corrected chi connectivity index (χ4v) is 1.62. The number of rotatable bonds is 1. The van der Waals surface area contributed by atoms with Crippen LogP contribution in [0.5, 0.6) is 0 Å². The number of carbonyl (C=O) groups is 1. The molecule has 1 aliphatic heterocycles. The Balaban J connectivity index is 2.14. The van der Waals surface area contributed by atoms with Crippen LogP contribution in [0.3, 0.4) is 0 Å². The van der Waals surface area contributed by atoms with Crippen LogP contribution < -0.4 is 10.2 Å². The van der Waals surface area contributed by atoms with Crippen LogP contribution in [0.2, 0.25) is 0 Å². The molecule has 1 saturated heterocycles. The number of pyridine rings is 1. The van der Waals surface area contributed by atoms with Crippen molar-refractivity contribution in [1.82, 2.24) is 10.3 Å². The van der Waals surface area contributed by atoms with E-state index in [1.807, 2.05) is 17.0 Å². The second kappa shape index (κ2) is 3.96. The van der Waals surface area contributed by atoms with Crippen LogP contribution in [0.25, 0.3) is 0 Å². The summed E-state index contributed by atoms with van der Waals surface area (Å²) in [5, 5.41) is 2.78. The van der Waals surface area contributed by atoms with E-state index in [0.29, 0.717) is 13.1 Å². The van der Waals surface area contributed by atoms with E-state index in [0.717, 1.165) is 16.8 Å². The summed E-state index contributed by atoms with van der Waals surface area (Å²) < 4.78 is 0.947. The Kier molecular flexibility index (Phi) is 2.67. The van der Waals surface area contributed by atoms with Gasteiger partial charge in [-0.15, -0.1) is 0 Å². The van der Waals surface area contributed by atoms with Gasteiger partial charge in [0, 0.05) is 23.8 Å². The molecular weight excluding hydrogens is 246 g/mol. The lowest BCUT2D eigenvalue weighted by molar-refractivity contribution is -0.120. The molecule has 0 saturated carbocycles. The molecule has 1 amide bonds. The lowest BCUT2D eigenvalue weighted by atomic mass is 10.3. The van der Waals surface area contributed by atoms with Crippen molar-refractivity contribution in [3.63, 3.8) is 0 Å². The number of aromatic nitrogens is 1. The fourth-order valence-electron chi connectivity index (χ4n) is 1.39. The first-order valence-electron chi connectivity index (χ1n) is 4.39. The summed E-state index contributed by atoms with van der Waals surface area (Å²) in [7, 11) is 0. The number of nitrogens with zero attached hydrogens (tertiary/aromatic N) is 2. The van der Waals surface area contributed by atoms with Crippen LogP contribution in [0, 0.1) is 0 Å². The summed E-state index contributed by atoms with van der Waals surface area (Å²) >= 11 is 3.32. The molecule has 1 aromatic heterocycles. The van der Waals surface area contributed by atoms with Crippen LogP contribution in [0.1, 0.15) is 0 Å². The number of hydrogen-bond donors (Lipinski definition) is 1. The summed E-state index contributed by atoms with van der Waals surface area (Å²) in [6, 6.07) is 3.83. The molecule has 2 rings (SSSR count). The number of halogens is 1. The van der Waals surface area contributed by atoms with Gasteiger partial charge in [0.2, 0.25) is 5.91 Å². The van der Waals surface area contributed by atoms with E-state index in [4.69, 9.17) is 0 Å². The van der Waals surface area contributed by atoms with Gasteiger partial charge in [-0.1, -0.05) is 0 Å². The van der Waals surface area contributed by atoms with E-state index >= 15 is 0 Å². The Labute approximate surface area is 90.4 Å². The van der Waals surface area contributed by atoms with Crippen molar-refractivity contribution in [2.24, 2.45) is 0 Å². The van der Waals surface area contributed by atoms with Gasteiger partial charge < -0.3 is 10.2 Å². The highest BCUT2D eigenvalue weighted by molar-refractivity contribution is 9.10. The van der Waals surface area contributed by atoms with Crippen molar-refractivity contribution in [3.8, 4) is 0 Å². The molecule has 0 aromatic carbocycles. The molecule has 1 aliphatic rings. The van der Waals surface area contributed by atoms with Crippen LogP contribution in [-0.2, 0) is 4.79 Å². The predicted molar refractivity (Wildman–Crippen MR) is 57.2 cm³/mol. The SMILES string of the molecule is O=C1CN(c2ccc(Br)cn2)CCN1. The van der Waals surface area contributed by atoms with Crippen LogP contribution >= 0.6 is 15.9 Å². The van der Waals surface area contributed by atoms with E-state index in [1.165, 1.54) is 0 Å². The number of piperazine rings is 1. The van der Waals surface area contributed by atoms with Gasteiger partial charge >= 0.3 is 0 Å². The average Bonchev–Trinajstić information content (AvgIpc) is 2.19. The monoisotopic (exact) mass is 255 g/mol. The van der Waals surface area contributed by atoms with Gasteiger partial charge in [0.25, 0.3) is 0 Å². The fraction of sp³-hybridized carbons (Fsp3) is 0.333. The normalized spacial score (nSPS) is 16.6. The second-order valence-electron chi connectivity index (χ2n) is 3.11. The molecule has 0 bridgehead atoms. The number of hydrogen-bond acceptors (Lipinski definition) is 3. The largest absolute Gasteiger partial charge is 0.353 e. The molecular formula is C9H10BrN3O. The topological polar surface area (TPSA) is 45.2 Å². The molecule has 74 valence electrons. The molecule has 0 aliphatic carbocycles. The van der Waals surface area contributed by atoms with Crippen molar-refractivity contribution >= 4 is 27.7 Å². The van der Waals surface area contributed by atoms with Gasteiger partial charge in [-0.05, 0) is 28.1 Å². The zero-order valence-electron chi connectivity index (χ0n) is 7.53. The Bertz CT molecular complexity index is 338. The van der Waals surface area contributed by atoms with Crippen molar-refractivity contribution in [3.05, 3.63) is 22.8 Å². The van der Waals surface area contributed by atoms with Gasteiger partial charge in [0.05, 0.1) is 6.54 Å². The Hall–Kier alpha value is -1.10. The Morgan fingerprint density at radius 3 is 3.00 bits per heavy atom. The zero-order chi connectivity index (χ0) is 9.97. The highest BCUT2D eigenvalue weighted by Crippen LogP contribution is 2.14. The quantitative estimate of drug-likeness (QED) is 0.807. The standard InChI is InChI=1S/C9H10BrN3O/c10-7-1-2-8(12-5-7)13-4-3-11-9(14)6-13/h1-2,5H,3-4,6H2,(H,11,14). The highest BCUT2D eigenvalue weighted by atomic mass is 79.9. The first kappa shape index (κ1) is 9.45. The molecule has 0 spiro atoms. The first-order chi connectivity index (χ1) is 6.75. The van der Waals surface area contributed by atoms with E-state index in [1.54, 1.807) is 6.20 Å². The minimum absolute atomic E-state index is 0.0565. The molecule has 5 heteroatoms. The van der Waals surface area contributed by atoms with Gasteiger partial charge in [0.15, 0.2) is 0 Å². The second-order valence-corrected chi connectivity index (χ2v) is 4.02. The van der Waals surface area contributed by atoms with E-state index < -0.39 is 0 Å².